The van der Waals surface area contributed by atoms with E-state index in [1.807, 2.05) is 0 Å². The monoisotopic (exact) mass is 574 g/mol. The van der Waals surface area contributed by atoms with Crippen LogP contribution in [-0.4, -0.2) is 52.4 Å². The molecule has 2 unspecified atom stereocenters. The Morgan fingerprint density at radius 2 is 1.14 bits per heavy atom. The second-order valence-electron chi connectivity index (χ2n) is 9.94. The van der Waals surface area contributed by atoms with Gasteiger partial charge in [0.15, 0.2) is 34.6 Å². The van der Waals surface area contributed by atoms with Crippen molar-refractivity contribution in [3.8, 4) is 68.6 Å². The van der Waals surface area contributed by atoms with Crippen molar-refractivity contribution in [2.75, 3.05) is 0 Å². The molecule has 2 atom stereocenters. The highest BCUT2D eigenvalue weighted by molar-refractivity contribution is 6.06. The van der Waals surface area contributed by atoms with Gasteiger partial charge in [0.1, 0.15) is 57.8 Å². The normalized spacial score (nSPS) is 17.6. The number of benzene rings is 4. The van der Waals surface area contributed by atoms with E-state index in [9.17, 15) is 50.4 Å². The third-order valence-electron chi connectivity index (χ3n) is 7.30. The first-order valence-corrected chi connectivity index (χ1v) is 12.6. The van der Waals surface area contributed by atoms with Gasteiger partial charge in [-0.15, -0.1) is 0 Å². The molecule has 2 heterocycles. The summed E-state index contributed by atoms with van der Waals surface area (Å²) < 4.78 is 11.7. The van der Waals surface area contributed by atoms with Gasteiger partial charge in [-0.2, -0.15) is 0 Å². The molecular formula is C30H22O12. The van der Waals surface area contributed by atoms with Gasteiger partial charge in [-0.3, -0.25) is 9.59 Å². The molecule has 0 bridgehead atoms. The molecule has 12 heteroatoms. The van der Waals surface area contributed by atoms with Crippen LogP contribution in [0.4, 0.5) is 0 Å². The molecule has 214 valence electrons. The number of aromatic hydroxyl groups is 8. The molecule has 0 radical (unpaired) electrons. The maximum absolute atomic E-state index is 13.3. The second-order valence-corrected chi connectivity index (χ2v) is 9.94. The third kappa shape index (κ3) is 4.08. The van der Waals surface area contributed by atoms with E-state index in [4.69, 9.17) is 9.47 Å². The first-order valence-electron chi connectivity index (χ1n) is 12.6. The quantitative estimate of drug-likeness (QED) is 0.160. The predicted octanol–water partition coefficient (Wildman–Crippen LogP) is 4.41. The zero-order valence-corrected chi connectivity index (χ0v) is 21.4. The molecule has 0 aliphatic carbocycles. The number of rotatable bonds is 3. The number of fused-ring (bicyclic) bond motifs is 2. The molecule has 6 rings (SSSR count). The Balaban J connectivity index is 1.46. The summed E-state index contributed by atoms with van der Waals surface area (Å²) in [4.78, 5) is 26.2. The number of ether oxygens (including phenoxy) is 2. The fraction of sp³-hybridized carbons (Fsp3) is 0.133. The summed E-state index contributed by atoms with van der Waals surface area (Å²) in [7, 11) is 0. The van der Waals surface area contributed by atoms with E-state index in [1.165, 1.54) is 24.3 Å². The van der Waals surface area contributed by atoms with Crippen LogP contribution in [0.5, 0.6) is 57.5 Å². The van der Waals surface area contributed by atoms with Crippen LogP contribution in [0.25, 0.3) is 11.1 Å². The van der Waals surface area contributed by atoms with Crippen molar-refractivity contribution < 1.29 is 59.9 Å². The Kier molecular flexibility index (Phi) is 5.92. The fourth-order valence-corrected chi connectivity index (χ4v) is 5.36. The molecular weight excluding hydrogens is 552 g/mol. The molecule has 8 N–H and O–H groups in total. The molecule has 0 amide bonds. The Morgan fingerprint density at radius 3 is 1.88 bits per heavy atom. The topological polar surface area (TPSA) is 214 Å². The molecule has 12 nitrogen and oxygen atoms in total. The van der Waals surface area contributed by atoms with Crippen molar-refractivity contribution in [2.45, 2.75) is 25.0 Å². The van der Waals surface area contributed by atoms with E-state index in [2.05, 4.69) is 0 Å². The van der Waals surface area contributed by atoms with E-state index in [0.29, 0.717) is 5.56 Å². The largest absolute Gasteiger partial charge is 0.508 e. The lowest BCUT2D eigenvalue weighted by Crippen LogP contribution is -2.22. The summed E-state index contributed by atoms with van der Waals surface area (Å²) in [5, 5.41) is 83.1. The van der Waals surface area contributed by atoms with Crippen LogP contribution in [0.1, 0.15) is 56.9 Å². The number of hydrogen-bond donors (Lipinski definition) is 8. The summed E-state index contributed by atoms with van der Waals surface area (Å²) in [5.41, 5.74) is -0.896. The Morgan fingerprint density at radius 1 is 0.524 bits per heavy atom. The van der Waals surface area contributed by atoms with Crippen LogP contribution < -0.4 is 9.47 Å². The van der Waals surface area contributed by atoms with Crippen molar-refractivity contribution in [2.24, 2.45) is 0 Å². The van der Waals surface area contributed by atoms with Crippen LogP contribution in [0.3, 0.4) is 0 Å². The second kappa shape index (κ2) is 9.41. The summed E-state index contributed by atoms with van der Waals surface area (Å²) in [6.07, 6.45) is -2.77. The van der Waals surface area contributed by atoms with Gasteiger partial charge in [0.25, 0.3) is 0 Å². The van der Waals surface area contributed by atoms with Crippen LogP contribution in [0.15, 0.2) is 48.5 Å². The predicted molar refractivity (Wildman–Crippen MR) is 143 cm³/mol. The van der Waals surface area contributed by atoms with Gasteiger partial charge < -0.3 is 50.3 Å². The summed E-state index contributed by atoms with van der Waals surface area (Å²) in [5.74, 6) is -6.07. The number of Topliss-reactive ketones (excluding diaryl/α,β-unsaturated/α-hetero) is 2. The van der Waals surface area contributed by atoms with Crippen LogP contribution in [0, 0.1) is 0 Å². The molecule has 2 aliphatic rings. The zero-order valence-electron chi connectivity index (χ0n) is 21.4. The first-order chi connectivity index (χ1) is 19.9. The average molecular weight is 574 g/mol. The zero-order chi connectivity index (χ0) is 30.0. The van der Waals surface area contributed by atoms with E-state index in [0.717, 1.165) is 24.3 Å². The maximum Gasteiger partial charge on any atom is 0.174 e. The van der Waals surface area contributed by atoms with Crippen molar-refractivity contribution in [3.63, 3.8) is 0 Å². The number of phenolic OH excluding ortho intramolecular Hbond substituents is 8. The lowest BCUT2D eigenvalue weighted by atomic mass is 9.86. The van der Waals surface area contributed by atoms with Crippen molar-refractivity contribution in [1.82, 2.24) is 0 Å². The van der Waals surface area contributed by atoms with Crippen molar-refractivity contribution in [1.29, 1.82) is 0 Å². The molecule has 4 aromatic rings. The van der Waals surface area contributed by atoms with Crippen LogP contribution >= 0.6 is 0 Å². The Hall–Kier alpha value is -5.78. The molecule has 0 aromatic heterocycles. The van der Waals surface area contributed by atoms with Gasteiger partial charge >= 0.3 is 0 Å². The number of hydrogen-bond acceptors (Lipinski definition) is 12. The molecule has 0 spiro atoms. The lowest BCUT2D eigenvalue weighted by molar-refractivity contribution is 0.0836. The lowest BCUT2D eigenvalue weighted by Gasteiger charge is -2.29. The maximum atomic E-state index is 13.3. The molecule has 0 saturated carbocycles. The molecule has 4 aromatic carbocycles. The number of carbonyl (C=O) groups is 2. The number of ketones is 2. The molecule has 0 fully saturated rings. The van der Waals surface area contributed by atoms with Crippen molar-refractivity contribution >= 4 is 11.6 Å². The van der Waals surface area contributed by atoms with E-state index >= 15 is 0 Å². The molecule has 42 heavy (non-hydrogen) atoms. The van der Waals surface area contributed by atoms with E-state index in [-0.39, 0.29) is 58.1 Å². The van der Waals surface area contributed by atoms with Gasteiger partial charge in [-0.1, -0.05) is 12.1 Å². The number of phenols is 8. The van der Waals surface area contributed by atoms with Gasteiger partial charge in [0.05, 0.1) is 18.4 Å². The highest BCUT2D eigenvalue weighted by atomic mass is 16.5. The summed E-state index contributed by atoms with van der Waals surface area (Å²) >= 11 is 0. The summed E-state index contributed by atoms with van der Waals surface area (Å²) in [6.45, 7) is 0. The highest BCUT2D eigenvalue weighted by Gasteiger charge is 2.37. The smallest absolute Gasteiger partial charge is 0.174 e. The van der Waals surface area contributed by atoms with Gasteiger partial charge in [-0.25, -0.2) is 0 Å². The standard InChI is InChI=1S/C30H22O12/c31-12-6-17(35)26-18(36)9-22(42-23(26)7-12)13-2-4-15(33)29(39)25(13)28-20(38)10-24-27(30(28)40)19(37)8-21(41-24)11-1-3-14(32)16(34)5-11/h1-7,10,21-22,31-35,38-40H,8-9H2. The highest BCUT2D eigenvalue weighted by Crippen LogP contribution is 2.55. The van der Waals surface area contributed by atoms with Gasteiger partial charge in [0.2, 0.25) is 0 Å². The van der Waals surface area contributed by atoms with E-state index < -0.39 is 63.8 Å². The molecule has 0 saturated heterocycles. The minimum Gasteiger partial charge on any atom is -0.508 e. The minimum atomic E-state index is -1.18. The summed E-state index contributed by atoms with van der Waals surface area (Å²) in [6, 6.07) is 9.41. The Bertz CT molecular complexity index is 1830. The average Bonchev–Trinajstić information content (AvgIpc) is 2.91. The van der Waals surface area contributed by atoms with Crippen LogP contribution in [-0.2, 0) is 0 Å². The van der Waals surface area contributed by atoms with Crippen molar-refractivity contribution in [3.05, 3.63) is 70.8 Å². The number of carbonyl (C=O) groups excluding carboxylic acids is 2. The fourth-order valence-electron chi connectivity index (χ4n) is 5.36. The van der Waals surface area contributed by atoms with Gasteiger partial charge in [0, 0.05) is 29.3 Å². The third-order valence-corrected chi connectivity index (χ3v) is 7.30. The minimum absolute atomic E-state index is 0.0271. The SMILES string of the molecule is O=C1CC(c2ccc(O)c(O)c2-c2c(O)cc3c(c2O)C(=O)CC(c2ccc(O)c(O)c2)O3)Oc2cc(O)cc(O)c21. The Labute approximate surface area is 236 Å². The molecule has 2 aliphatic heterocycles. The first kappa shape index (κ1) is 26.4. The van der Waals surface area contributed by atoms with E-state index in [1.54, 1.807) is 0 Å². The van der Waals surface area contributed by atoms with Gasteiger partial charge in [-0.05, 0) is 23.8 Å². The van der Waals surface area contributed by atoms with Crippen LogP contribution in [0.2, 0.25) is 0 Å².